The molecule has 0 radical (unpaired) electrons. The Morgan fingerprint density at radius 3 is 2.92 bits per heavy atom. The standard InChI is InChI=1S/C17H16N4O2S/c1-10(15-9-24-17(20-15)11-2-3-11)19-14-4-5-16(21(22)23)13-8-18-7-6-12(13)14/h4-11,19H,2-3H2,1H3/t10-/m0/s1. The Labute approximate surface area is 142 Å². The monoisotopic (exact) mass is 340 g/mol. The van der Waals surface area contributed by atoms with E-state index in [1.807, 2.05) is 0 Å². The minimum absolute atomic E-state index is 0.0339. The van der Waals surface area contributed by atoms with Gasteiger partial charge in [0.1, 0.15) is 0 Å². The molecule has 0 unspecified atom stereocenters. The van der Waals surface area contributed by atoms with Crippen LogP contribution in [-0.2, 0) is 0 Å². The second kappa shape index (κ2) is 5.83. The predicted molar refractivity (Wildman–Crippen MR) is 94.5 cm³/mol. The van der Waals surface area contributed by atoms with Gasteiger partial charge in [0.25, 0.3) is 5.69 Å². The highest BCUT2D eigenvalue weighted by molar-refractivity contribution is 7.09. The van der Waals surface area contributed by atoms with Crippen molar-refractivity contribution in [3.63, 3.8) is 0 Å². The molecule has 0 saturated heterocycles. The lowest BCUT2D eigenvalue weighted by atomic mass is 10.1. The van der Waals surface area contributed by atoms with Gasteiger partial charge in [-0.1, -0.05) is 0 Å². The van der Waals surface area contributed by atoms with Crippen LogP contribution in [0, 0.1) is 10.1 Å². The molecular formula is C17H16N4O2S. The number of thiazole rings is 1. The van der Waals surface area contributed by atoms with E-state index in [1.54, 1.807) is 29.7 Å². The van der Waals surface area contributed by atoms with E-state index in [9.17, 15) is 10.1 Å². The van der Waals surface area contributed by atoms with E-state index in [-0.39, 0.29) is 16.7 Å². The number of fused-ring (bicyclic) bond motifs is 1. The smallest absolute Gasteiger partial charge is 0.278 e. The van der Waals surface area contributed by atoms with Gasteiger partial charge < -0.3 is 5.32 Å². The second-order valence-electron chi connectivity index (χ2n) is 6.06. The fourth-order valence-electron chi connectivity index (χ4n) is 2.78. The third kappa shape index (κ3) is 2.71. The quantitative estimate of drug-likeness (QED) is 0.540. The highest BCUT2D eigenvalue weighted by Crippen LogP contribution is 2.42. The van der Waals surface area contributed by atoms with Crippen LogP contribution in [0.4, 0.5) is 11.4 Å². The number of nitrogens with one attached hydrogen (secondary N) is 1. The molecular weight excluding hydrogens is 324 g/mol. The van der Waals surface area contributed by atoms with Gasteiger partial charge in [0.2, 0.25) is 0 Å². The number of non-ortho nitro benzene ring substituents is 1. The van der Waals surface area contributed by atoms with E-state index in [2.05, 4.69) is 22.6 Å². The van der Waals surface area contributed by atoms with E-state index >= 15 is 0 Å². The number of anilines is 1. The van der Waals surface area contributed by atoms with Crippen molar-refractivity contribution in [3.8, 4) is 0 Å². The Bertz CT molecular complexity index is 920. The molecule has 1 saturated carbocycles. The zero-order valence-corrected chi connectivity index (χ0v) is 13.9. The topological polar surface area (TPSA) is 81.0 Å². The first-order valence-corrected chi connectivity index (χ1v) is 8.74. The lowest BCUT2D eigenvalue weighted by Crippen LogP contribution is -2.08. The number of pyridine rings is 1. The molecule has 6 nitrogen and oxygen atoms in total. The van der Waals surface area contributed by atoms with Crippen molar-refractivity contribution in [2.45, 2.75) is 31.7 Å². The van der Waals surface area contributed by atoms with E-state index in [0.717, 1.165) is 16.8 Å². The first kappa shape index (κ1) is 15.0. The maximum atomic E-state index is 11.2. The van der Waals surface area contributed by atoms with Gasteiger partial charge in [0.15, 0.2) is 0 Å². The van der Waals surface area contributed by atoms with Crippen molar-refractivity contribution in [3.05, 3.63) is 56.8 Å². The zero-order chi connectivity index (χ0) is 16.7. The van der Waals surface area contributed by atoms with Crippen LogP contribution < -0.4 is 5.32 Å². The van der Waals surface area contributed by atoms with Crippen LogP contribution in [0.3, 0.4) is 0 Å². The van der Waals surface area contributed by atoms with Gasteiger partial charge in [-0.25, -0.2) is 4.98 Å². The molecule has 0 aliphatic heterocycles. The number of nitro benzene ring substituents is 1. The van der Waals surface area contributed by atoms with Crippen molar-refractivity contribution in [2.24, 2.45) is 0 Å². The van der Waals surface area contributed by atoms with Crippen LogP contribution in [0.5, 0.6) is 0 Å². The summed E-state index contributed by atoms with van der Waals surface area (Å²) in [5, 5.41) is 19.3. The molecule has 1 fully saturated rings. The molecule has 0 spiro atoms. The molecule has 122 valence electrons. The maximum Gasteiger partial charge on any atom is 0.278 e. The third-order valence-electron chi connectivity index (χ3n) is 4.27. The zero-order valence-electron chi connectivity index (χ0n) is 13.1. The van der Waals surface area contributed by atoms with Gasteiger partial charge in [0, 0.05) is 40.8 Å². The summed E-state index contributed by atoms with van der Waals surface area (Å²) in [5.41, 5.74) is 1.94. The van der Waals surface area contributed by atoms with Crippen LogP contribution in [0.15, 0.2) is 36.0 Å². The Hall–Kier alpha value is -2.54. The average Bonchev–Trinajstić information content (AvgIpc) is 3.31. The number of aromatic nitrogens is 2. The first-order valence-electron chi connectivity index (χ1n) is 7.86. The largest absolute Gasteiger partial charge is 0.376 e. The molecule has 2 aromatic heterocycles. The summed E-state index contributed by atoms with van der Waals surface area (Å²) >= 11 is 1.72. The molecule has 7 heteroatoms. The maximum absolute atomic E-state index is 11.2. The molecule has 3 aromatic rings. The summed E-state index contributed by atoms with van der Waals surface area (Å²) in [5.74, 6) is 0.655. The van der Waals surface area contributed by atoms with Gasteiger partial charge in [-0.3, -0.25) is 15.1 Å². The molecule has 1 atom stereocenters. The summed E-state index contributed by atoms with van der Waals surface area (Å²) in [6.07, 6.45) is 5.68. The van der Waals surface area contributed by atoms with Gasteiger partial charge >= 0.3 is 0 Å². The average molecular weight is 340 g/mol. The van der Waals surface area contributed by atoms with Crippen LogP contribution in [-0.4, -0.2) is 14.9 Å². The number of hydrogen-bond acceptors (Lipinski definition) is 6. The second-order valence-corrected chi connectivity index (χ2v) is 6.95. The fraction of sp³-hybridized carbons (Fsp3) is 0.294. The molecule has 0 amide bonds. The lowest BCUT2D eigenvalue weighted by molar-refractivity contribution is -0.383. The molecule has 4 rings (SSSR count). The molecule has 0 bridgehead atoms. The number of rotatable bonds is 5. The van der Waals surface area contributed by atoms with Crippen LogP contribution in [0.1, 0.15) is 42.4 Å². The molecule has 24 heavy (non-hydrogen) atoms. The van der Waals surface area contributed by atoms with E-state index < -0.39 is 0 Å². The normalized spacial score (nSPS) is 15.4. The third-order valence-corrected chi connectivity index (χ3v) is 5.30. The van der Waals surface area contributed by atoms with E-state index in [4.69, 9.17) is 4.98 Å². The summed E-state index contributed by atoms with van der Waals surface area (Å²) < 4.78 is 0. The Morgan fingerprint density at radius 1 is 1.33 bits per heavy atom. The summed E-state index contributed by atoms with van der Waals surface area (Å²) in [7, 11) is 0. The summed E-state index contributed by atoms with van der Waals surface area (Å²) in [6, 6.07) is 5.11. The van der Waals surface area contributed by atoms with Crippen molar-refractivity contribution < 1.29 is 4.92 Å². The molecule has 1 aliphatic rings. The van der Waals surface area contributed by atoms with Crippen LogP contribution in [0.2, 0.25) is 0 Å². The van der Waals surface area contributed by atoms with Crippen molar-refractivity contribution in [1.29, 1.82) is 0 Å². The van der Waals surface area contributed by atoms with Gasteiger partial charge in [0.05, 0.1) is 27.1 Å². The SMILES string of the molecule is C[C@H](Nc1ccc([N+](=O)[O-])c2cnccc12)c1csc(C2CC2)n1. The highest BCUT2D eigenvalue weighted by Gasteiger charge is 2.27. The first-order chi connectivity index (χ1) is 11.6. The van der Waals surface area contributed by atoms with Crippen molar-refractivity contribution in [2.75, 3.05) is 5.32 Å². The number of hydrogen-bond donors (Lipinski definition) is 1. The van der Waals surface area contributed by atoms with E-state index in [0.29, 0.717) is 11.3 Å². The Morgan fingerprint density at radius 2 is 2.17 bits per heavy atom. The van der Waals surface area contributed by atoms with Gasteiger partial charge in [-0.2, -0.15) is 0 Å². The molecule has 2 heterocycles. The van der Waals surface area contributed by atoms with Crippen LogP contribution in [0.25, 0.3) is 10.8 Å². The lowest BCUT2D eigenvalue weighted by Gasteiger charge is -2.15. The predicted octanol–water partition coefficient (Wildman–Crippen LogP) is 4.65. The van der Waals surface area contributed by atoms with E-state index in [1.165, 1.54) is 30.1 Å². The minimum Gasteiger partial charge on any atom is -0.376 e. The number of nitrogens with zero attached hydrogens (tertiary/aromatic N) is 3. The van der Waals surface area contributed by atoms with Crippen LogP contribution >= 0.6 is 11.3 Å². The molecule has 1 N–H and O–H groups in total. The fourth-order valence-corrected chi connectivity index (χ4v) is 3.87. The Kier molecular flexibility index (Phi) is 3.65. The highest BCUT2D eigenvalue weighted by atomic mass is 32.1. The van der Waals surface area contributed by atoms with Crippen molar-refractivity contribution >= 4 is 33.5 Å². The number of nitro groups is 1. The molecule has 1 aromatic carbocycles. The van der Waals surface area contributed by atoms with Gasteiger partial charge in [-0.15, -0.1) is 11.3 Å². The molecule has 1 aliphatic carbocycles. The minimum atomic E-state index is -0.375. The summed E-state index contributed by atoms with van der Waals surface area (Å²) in [6.45, 7) is 2.06. The summed E-state index contributed by atoms with van der Waals surface area (Å²) in [4.78, 5) is 19.6. The number of benzene rings is 1. The van der Waals surface area contributed by atoms with Gasteiger partial charge in [-0.05, 0) is 31.9 Å². The Balaban J connectivity index is 1.66. The van der Waals surface area contributed by atoms with Crippen molar-refractivity contribution in [1.82, 2.24) is 9.97 Å².